The molecule has 0 spiro atoms. The highest BCUT2D eigenvalue weighted by molar-refractivity contribution is 5.18. The van der Waals surface area contributed by atoms with Gasteiger partial charge in [-0.3, -0.25) is 0 Å². The minimum absolute atomic E-state index is 0.0354. The molecule has 3 heteroatoms. The first-order valence-corrected chi connectivity index (χ1v) is 5.36. The highest BCUT2D eigenvalue weighted by atomic mass is 16.5. The number of benzene rings is 1. The molecule has 1 aliphatic heterocycles. The van der Waals surface area contributed by atoms with Crippen LogP contribution in [-0.2, 0) is 9.47 Å². The molecule has 0 amide bonds. The van der Waals surface area contributed by atoms with Gasteiger partial charge >= 0.3 is 0 Å². The van der Waals surface area contributed by atoms with Crippen LogP contribution in [0.15, 0.2) is 30.3 Å². The molecular formula is C12H17NO2. The molecule has 0 aromatic heterocycles. The highest BCUT2D eigenvalue weighted by Crippen LogP contribution is 2.13. The summed E-state index contributed by atoms with van der Waals surface area (Å²) >= 11 is 0. The van der Waals surface area contributed by atoms with Crippen molar-refractivity contribution in [2.24, 2.45) is 5.73 Å². The summed E-state index contributed by atoms with van der Waals surface area (Å²) < 4.78 is 10.9. The van der Waals surface area contributed by atoms with E-state index in [1.807, 2.05) is 30.3 Å². The van der Waals surface area contributed by atoms with E-state index in [1.165, 1.54) is 0 Å². The van der Waals surface area contributed by atoms with E-state index >= 15 is 0 Å². The van der Waals surface area contributed by atoms with Gasteiger partial charge < -0.3 is 15.2 Å². The second kappa shape index (κ2) is 5.26. The third kappa shape index (κ3) is 3.02. The topological polar surface area (TPSA) is 44.5 Å². The van der Waals surface area contributed by atoms with Crippen LogP contribution < -0.4 is 5.73 Å². The summed E-state index contributed by atoms with van der Waals surface area (Å²) in [6, 6.07) is 9.99. The van der Waals surface area contributed by atoms with Crippen LogP contribution in [0.3, 0.4) is 0 Å². The Balaban J connectivity index is 1.79. The molecule has 0 bridgehead atoms. The first-order valence-electron chi connectivity index (χ1n) is 5.36. The summed E-state index contributed by atoms with van der Waals surface area (Å²) in [7, 11) is 0. The molecule has 1 fully saturated rings. The normalized spacial score (nSPS) is 22.9. The summed E-state index contributed by atoms with van der Waals surface area (Å²) in [6.07, 6.45) is 1.22. The van der Waals surface area contributed by atoms with Gasteiger partial charge in [0.05, 0.1) is 25.4 Å². The number of rotatable bonds is 4. The van der Waals surface area contributed by atoms with Gasteiger partial charge in [0.2, 0.25) is 0 Å². The van der Waals surface area contributed by atoms with Crippen molar-refractivity contribution in [2.45, 2.75) is 18.6 Å². The zero-order chi connectivity index (χ0) is 10.5. The molecule has 1 saturated heterocycles. The maximum atomic E-state index is 6.01. The van der Waals surface area contributed by atoms with Crippen molar-refractivity contribution in [3.63, 3.8) is 0 Å². The standard InChI is InChI=1S/C12H17NO2/c13-12(10-4-2-1-3-5-10)9-15-11-6-7-14-8-11/h1-5,11-12H,6-9,13H2. The number of hydrogen-bond donors (Lipinski definition) is 1. The van der Waals surface area contributed by atoms with Crippen molar-refractivity contribution >= 4 is 0 Å². The molecule has 3 nitrogen and oxygen atoms in total. The third-order valence-electron chi connectivity index (χ3n) is 2.63. The summed E-state index contributed by atoms with van der Waals surface area (Å²) in [5, 5.41) is 0. The maximum absolute atomic E-state index is 6.01. The van der Waals surface area contributed by atoms with Crippen molar-refractivity contribution in [1.29, 1.82) is 0 Å². The van der Waals surface area contributed by atoms with E-state index in [1.54, 1.807) is 0 Å². The van der Waals surface area contributed by atoms with Gasteiger partial charge in [0, 0.05) is 6.61 Å². The summed E-state index contributed by atoms with van der Waals surface area (Å²) in [6.45, 7) is 2.09. The molecule has 1 aromatic carbocycles. The van der Waals surface area contributed by atoms with Crippen molar-refractivity contribution in [2.75, 3.05) is 19.8 Å². The SMILES string of the molecule is NC(COC1CCOC1)c1ccccc1. The first-order chi connectivity index (χ1) is 7.36. The van der Waals surface area contributed by atoms with Gasteiger partial charge in [-0.15, -0.1) is 0 Å². The largest absolute Gasteiger partial charge is 0.379 e. The van der Waals surface area contributed by atoms with Gasteiger partial charge in [-0.05, 0) is 12.0 Å². The molecule has 2 atom stereocenters. The zero-order valence-corrected chi connectivity index (χ0v) is 8.76. The van der Waals surface area contributed by atoms with Gasteiger partial charge in [-0.2, -0.15) is 0 Å². The van der Waals surface area contributed by atoms with Crippen LogP contribution in [0, 0.1) is 0 Å². The molecule has 0 saturated carbocycles. The summed E-state index contributed by atoms with van der Waals surface area (Å²) in [5.74, 6) is 0. The minimum Gasteiger partial charge on any atom is -0.379 e. The Morgan fingerprint density at radius 2 is 2.20 bits per heavy atom. The lowest BCUT2D eigenvalue weighted by Gasteiger charge is -2.15. The monoisotopic (exact) mass is 207 g/mol. The molecule has 1 aliphatic rings. The van der Waals surface area contributed by atoms with Crippen molar-refractivity contribution in [3.8, 4) is 0 Å². The Labute approximate surface area is 90.2 Å². The van der Waals surface area contributed by atoms with Crippen LogP contribution in [-0.4, -0.2) is 25.9 Å². The molecular weight excluding hydrogens is 190 g/mol. The lowest BCUT2D eigenvalue weighted by atomic mass is 10.1. The quantitative estimate of drug-likeness (QED) is 0.813. The van der Waals surface area contributed by atoms with E-state index in [4.69, 9.17) is 15.2 Å². The smallest absolute Gasteiger partial charge is 0.0831 e. The predicted octanol–water partition coefficient (Wildman–Crippen LogP) is 1.49. The Hall–Kier alpha value is -0.900. The van der Waals surface area contributed by atoms with E-state index < -0.39 is 0 Å². The van der Waals surface area contributed by atoms with E-state index in [2.05, 4.69) is 0 Å². The fourth-order valence-corrected chi connectivity index (χ4v) is 1.68. The summed E-state index contributed by atoms with van der Waals surface area (Å²) in [4.78, 5) is 0. The first kappa shape index (κ1) is 10.6. The second-order valence-corrected chi connectivity index (χ2v) is 3.84. The molecule has 0 radical (unpaired) electrons. The number of nitrogens with two attached hydrogens (primary N) is 1. The Morgan fingerprint density at radius 1 is 1.40 bits per heavy atom. The molecule has 2 N–H and O–H groups in total. The van der Waals surface area contributed by atoms with Crippen molar-refractivity contribution in [1.82, 2.24) is 0 Å². The Bertz CT molecular complexity index is 283. The number of ether oxygens (including phenoxy) is 2. The second-order valence-electron chi connectivity index (χ2n) is 3.84. The van der Waals surface area contributed by atoms with Crippen molar-refractivity contribution < 1.29 is 9.47 Å². The van der Waals surface area contributed by atoms with Gasteiger partial charge in [0.25, 0.3) is 0 Å². The van der Waals surface area contributed by atoms with Gasteiger partial charge in [-0.1, -0.05) is 30.3 Å². The fraction of sp³-hybridized carbons (Fsp3) is 0.500. The third-order valence-corrected chi connectivity index (χ3v) is 2.63. The van der Waals surface area contributed by atoms with Crippen LogP contribution in [0.25, 0.3) is 0 Å². The lowest BCUT2D eigenvalue weighted by Crippen LogP contribution is -2.22. The van der Waals surface area contributed by atoms with E-state index in [-0.39, 0.29) is 12.1 Å². The van der Waals surface area contributed by atoms with Crippen LogP contribution >= 0.6 is 0 Å². The Kier molecular flexibility index (Phi) is 3.72. The van der Waals surface area contributed by atoms with Crippen molar-refractivity contribution in [3.05, 3.63) is 35.9 Å². The number of hydrogen-bond acceptors (Lipinski definition) is 3. The summed E-state index contributed by atoms with van der Waals surface area (Å²) in [5.41, 5.74) is 7.13. The lowest BCUT2D eigenvalue weighted by molar-refractivity contribution is 0.0350. The van der Waals surface area contributed by atoms with Gasteiger partial charge in [0.1, 0.15) is 0 Å². The molecule has 1 heterocycles. The average Bonchev–Trinajstić information content (AvgIpc) is 2.80. The molecule has 2 rings (SSSR count). The molecule has 15 heavy (non-hydrogen) atoms. The van der Waals surface area contributed by atoms with E-state index in [0.717, 1.165) is 18.6 Å². The van der Waals surface area contributed by atoms with Gasteiger partial charge in [-0.25, -0.2) is 0 Å². The van der Waals surface area contributed by atoms with Crippen LogP contribution in [0.4, 0.5) is 0 Å². The van der Waals surface area contributed by atoms with Crippen LogP contribution in [0.1, 0.15) is 18.0 Å². The molecule has 1 aromatic rings. The molecule has 0 aliphatic carbocycles. The van der Waals surface area contributed by atoms with Crippen LogP contribution in [0.5, 0.6) is 0 Å². The minimum atomic E-state index is -0.0354. The maximum Gasteiger partial charge on any atom is 0.0831 e. The predicted molar refractivity (Wildman–Crippen MR) is 58.5 cm³/mol. The van der Waals surface area contributed by atoms with E-state index in [0.29, 0.717) is 13.2 Å². The van der Waals surface area contributed by atoms with Crippen LogP contribution in [0.2, 0.25) is 0 Å². The average molecular weight is 207 g/mol. The molecule has 2 unspecified atom stereocenters. The Morgan fingerprint density at radius 3 is 2.87 bits per heavy atom. The van der Waals surface area contributed by atoms with E-state index in [9.17, 15) is 0 Å². The highest BCUT2D eigenvalue weighted by Gasteiger charge is 2.17. The molecule has 82 valence electrons. The van der Waals surface area contributed by atoms with Gasteiger partial charge in [0.15, 0.2) is 0 Å². The zero-order valence-electron chi connectivity index (χ0n) is 8.76. The fourth-order valence-electron chi connectivity index (χ4n) is 1.68.